The summed E-state index contributed by atoms with van der Waals surface area (Å²) in [4.78, 5) is 12.0. The molecule has 1 aliphatic carbocycles. The lowest BCUT2D eigenvalue weighted by molar-refractivity contribution is -0.125. The van der Waals surface area contributed by atoms with Crippen molar-refractivity contribution in [3.8, 4) is 0 Å². The number of rotatable bonds is 3. The molecule has 0 unspecified atom stereocenters. The van der Waals surface area contributed by atoms with Crippen LogP contribution in [0.5, 0.6) is 0 Å². The Bertz CT molecular complexity index is 181. The molecule has 1 saturated carbocycles. The molecule has 0 N–H and O–H groups in total. The second-order valence-corrected chi connectivity index (χ2v) is 5.84. The zero-order valence-electron chi connectivity index (χ0n) is 8.93. The Kier molecular flexibility index (Phi) is 3.84. The highest BCUT2D eigenvalue weighted by molar-refractivity contribution is 8.00. The van der Waals surface area contributed by atoms with Crippen molar-refractivity contribution in [3.05, 3.63) is 0 Å². The quantitative estimate of drug-likeness (QED) is 0.695. The lowest BCUT2D eigenvalue weighted by atomic mass is 9.82. The van der Waals surface area contributed by atoms with Gasteiger partial charge in [-0.2, -0.15) is 11.8 Å². The molecule has 0 atom stereocenters. The van der Waals surface area contributed by atoms with Crippen LogP contribution in [0.2, 0.25) is 0 Å². The van der Waals surface area contributed by atoms with E-state index in [0.717, 1.165) is 12.8 Å². The van der Waals surface area contributed by atoms with E-state index in [0.29, 0.717) is 11.7 Å². The van der Waals surface area contributed by atoms with E-state index < -0.39 is 0 Å². The predicted octanol–water partition coefficient (Wildman–Crippen LogP) is 3.28. The van der Waals surface area contributed by atoms with Crippen molar-refractivity contribution in [2.75, 3.05) is 6.26 Å². The van der Waals surface area contributed by atoms with Crippen LogP contribution in [0.3, 0.4) is 0 Å². The zero-order valence-corrected chi connectivity index (χ0v) is 9.75. The minimum absolute atomic E-state index is 0.165. The van der Waals surface area contributed by atoms with Gasteiger partial charge in [0, 0.05) is 5.92 Å². The van der Waals surface area contributed by atoms with E-state index in [1.165, 1.54) is 19.3 Å². The molecule has 0 bridgehead atoms. The Balaban J connectivity index is 2.55. The van der Waals surface area contributed by atoms with Crippen molar-refractivity contribution in [3.63, 3.8) is 0 Å². The maximum atomic E-state index is 12.0. The standard InChI is InChI=1S/C11H20OS/c1-11(2,13-3)10(12)9-7-5-4-6-8-9/h9H,4-8H2,1-3H3. The fourth-order valence-electron chi connectivity index (χ4n) is 1.96. The fourth-order valence-corrected chi connectivity index (χ4v) is 2.32. The van der Waals surface area contributed by atoms with Crippen LogP contribution in [-0.2, 0) is 4.79 Å². The average molecular weight is 200 g/mol. The average Bonchev–Trinajstić information content (AvgIpc) is 2.18. The SMILES string of the molecule is CSC(C)(C)C(=O)C1CCCCC1. The topological polar surface area (TPSA) is 17.1 Å². The molecule has 1 rings (SSSR count). The van der Waals surface area contributed by atoms with Gasteiger partial charge in [0.2, 0.25) is 0 Å². The molecule has 0 heterocycles. The van der Waals surface area contributed by atoms with Gasteiger partial charge in [0.15, 0.2) is 5.78 Å². The molecule has 0 aromatic carbocycles. The molecule has 0 spiro atoms. The van der Waals surface area contributed by atoms with E-state index in [1.54, 1.807) is 11.8 Å². The molecule has 0 aromatic heterocycles. The summed E-state index contributed by atoms with van der Waals surface area (Å²) in [6.45, 7) is 4.10. The lowest BCUT2D eigenvalue weighted by Gasteiger charge is -2.28. The molecule has 1 nitrogen and oxygen atoms in total. The summed E-state index contributed by atoms with van der Waals surface area (Å²) >= 11 is 1.68. The first-order valence-corrected chi connectivity index (χ1v) is 6.40. The van der Waals surface area contributed by atoms with Crippen LogP contribution in [0.25, 0.3) is 0 Å². The third-order valence-electron chi connectivity index (χ3n) is 3.08. The lowest BCUT2D eigenvalue weighted by Crippen LogP contribution is -2.34. The molecule has 0 radical (unpaired) electrons. The van der Waals surface area contributed by atoms with E-state index >= 15 is 0 Å². The van der Waals surface area contributed by atoms with Crippen LogP contribution in [0.15, 0.2) is 0 Å². The van der Waals surface area contributed by atoms with Crippen LogP contribution in [-0.4, -0.2) is 16.8 Å². The maximum Gasteiger partial charge on any atom is 0.151 e. The summed E-state index contributed by atoms with van der Waals surface area (Å²) < 4.78 is -0.165. The smallest absolute Gasteiger partial charge is 0.151 e. The van der Waals surface area contributed by atoms with Gasteiger partial charge < -0.3 is 0 Å². The molecule has 0 aromatic rings. The van der Waals surface area contributed by atoms with Gasteiger partial charge in [-0.25, -0.2) is 0 Å². The van der Waals surface area contributed by atoms with Gasteiger partial charge in [0.25, 0.3) is 0 Å². The van der Waals surface area contributed by atoms with Crippen molar-refractivity contribution in [1.82, 2.24) is 0 Å². The maximum absolute atomic E-state index is 12.0. The molecule has 0 saturated heterocycles. The first-order chi connectivity index (χ1) is 6.08. The molecule has 0 aliphatic heterocycles. The number of thioether (sulfide) groups is 1. The van der Waals surface area contributed by atoms with Crippen molar-refractivity contribution < 1.29 is 4.79 Å². The third kappa shape index (κ3) is 2.73. The van der Waals surface area contributed by atoms with Crippen molar-refractivity contribution in [2.45, 2.75) is 50.7 Å². The van der Waals surface area contributed by atoms with Crippen LogP contribution in [0, 0.1) is 5.92 Å². The Morgan fingerprint density at radius 1 is 1.23 bits per heavy atom. The number of Topliss-reactive ketones (excluding diaryl/α,β-unsaturated/α-hetero) is 1. The molecular formula is C11H20OS. The fraction of sp³-hybridized carbons (Fsp3) is 0.909. The highest BCUT2D eigenvalue weighted by Crippen LogP contribution is 2.32. The highest BCUT2D eigenvalue weighted by atomic mass is 32.2. The first kappa shape index (κ1) is 11.1. The van der Waals surface area contributed by atoms with Gasteiger partial charge in [0.1, 0.15) is 0 Å². The number of ketones is 1. The van der Waals surface area contributed by atoms with E-state index in [1.807, 2.05) is 6.26 Å². The number of carbonyl (C=O) groups excluding carboxylic acids is 1. The number of hydrogen-bond donors (Lipinski definition) is 0. The summed E-state index contributed by atoms with van der Waals surface area (Å²) in [7, 11) is 0. The van der Waals surface area contributed by atoms with Gasteiger partial charge >= 0.3 is 0 Å². The molecule has 13 heavy (non-hydrogen) atoms. The molecule has 76 valence electrons. The Labute approximate surface area is 85.7 Å². The first-order valence-electron chi connectivity index (χ1n) is 5.17. The van der Waals surface area contributed by atoms with Crippen LogP contribution in [0.1, 0.15) is 46.0 Å². The normalized spacial score (nSPS) is 20.2. The van der Waals surface area contributed by atoms with Gasteiger partial charge in [-0.3, -0.25) is 4.79 Å². The largest absolute Gasteiger partial charge is 0.298 e. The number of hydrogen-bond acceptors (Lipinski definition) is 2. The molecule has 1 fully saturated rings. The van der Waals surface area contributed by atoms with Crippen molar-refractivity contribution in [1.29, 1.82) is 0 Å². The predicted molar refractivity (Wildman–Crippen MR) is 59.2 cm³/mol. The van der Waals surface area contributed by atoms with E-state index in [-0.39, 0.29) is 4.75 Å². The van der Waals surface area contributed by atoms with Crippen LogP contribution in [0.4, 0.5) is 0 Å². The van der Waals surface area contributed by atoms with Gasteiger partial charge in [-0.1, -0.05) is 19.3 Å². The van der Waals surface area contributed by atoms with Crippen molar-refractivity contribution >= 4 is 17.5 Å². The molecule has 2 heteroatoms. The van der Waals surface area contributed by atoms with E-state index in [9.17, 15) is 4.79 Å². The Morgan fingerprint density at radius 3 is 2.23 bits per heavy atom. The summed E-state index contributed by atoms with van der Waals surface area (Å²) in [5, 5.41) is 0. The summed E-state index contributed by atoms with van der Waals surface area (Å²) in [6.07, 6.45) is 8.11. The van der Waals surface area contributed by atoms with Gasteiger partial charge in [-0.05, 0) is 32.9 Å². The van der Waals surface area contributed by atoms with E-state index in [2.05, 4.69) is 13.8 Å². The summed E-state index contributed by atoms with van der Waals surface area (Å²) in [5.41, 5.74) is 0. The zero-order chi connectivity index (χ0) is 9.90. The van der Waals surface area contributed by atoms with Crippen LogP contribution >= 0.6 is 11.8 Å². The Morgan fingerprint density at radius 2 is 1.77 bits per heavy atom. The monoisotopic (exact) mass is 200 g/mol. The minimum Gasteiger partial charge on any atom is -0.298 e. The Hall–Kier alpha value is 0.0200. The van der Waals surface area contributed by atoms with Gasteiger partial charge in [-0.15, -0.1) is 0 Å². The minimum atomic E-state index is -0.165. The summed E-state index contributed by atoms with van der Waals surface area (Å²) in [6, 6.07) is 0. The number of carbonyl (C=O) groups is 1. The van der Waals surface area contributed by atoms with Crippen molar-refractivity contribution in [2.24, 2.45) is 5.92 Å². The highest BCUT2D eigenvalue weighted by Gasteiger charge is 2.33. The van der Waals surface area contributed by atoms with Crippen LogP contribution < -0.4 is 0 Å². The second-order valence-electron chi connectivity index (χ2n) is 4.41. The molecule has 0 amide bonds. The second kappa shape index (κ2) is 4.50. The third-order valence-corrected chi connectivity index (χ3v) is 4.30. The molecule has 1 aliphatic rings. The van der Waals surface area contributed by atoms with E-state index in [4.69, 9.17) is 0 Å². The van der Waals surface area contributed by atoms with Gasteiger partial charge in [0.05, 0.1) is 4.75 Å². The molecular weight excluding hydrogens is 180 g/mol. The summed E-state index contributed by atoms with van der Waals surface area (Å²) in [5.74, 6) is 0.830.